The Bertz CT molecular complexity index is 1700. The van der Waals surface area contributed by atoms with Crippen LogP contribution < -0.4 is 15.0 Å². The van der Waals surface area contributed by atoms with E-state index in [4.69, 9.17) is 9.73 Å². The molecule has 0 unspecified atom stereocenters. The van der Waals surface area contributed by atoms with Crippen molar-refractivity contribution in [1.82, 2.24) is 5.32 Å². The van der Waals surface area contributed by atoms with E-state index in [9.17, 15) is 9.90 Å². The van der Waals surface area contributed by atoms with Gasteiger partial charge in [0.15, 0.2) is 16.7 Å². The van der Waals surface area contributed by atoms with Crippen molar-refractivity contribution in [2.75, 3.05) is 25.1 Å². The van der Waals surface area contributed by atoms with Crippen molar-refractivity contribution in [3.63, 3.8) is 0 Å². The number of hydrogen-bond acceptors (Lipinski definition) is 6. The van der Waals surface area contributed by atoms with E-state index in [1.165, 1.54) is 46.8 Å². The van der Waals surface area contributed by atoms with Gasteiger partial charge in [-0.1, -0.05) is 60.7 Å². The first-order chi connectivity index (χ1) is 21.0. The van der Waals surface area contributed by atoms with Crippen molar-refractivity contribution in [3.05, 3.63) is 122 Å². The van der Waals surface area contributed by atoms with Gasteiger partial charge < -0.3 is 20.1 Å². The summed E-state index contributed by atoms with van der Waals surface area (Å²) in [6, 6.07) is 29.4. The van der Waals surface area contributed by atoms with Gasteiger partial charge >= 0.3 is 0 Å². The first-order valence-electron chi connectivity index (χ1n) is 14.4. The summed E-state index contributed by atoms with van der Waals surface area (Å²) in [4.78, 5) is 21.1. The number of nitrogens with one attached hydrogen (secondary N) is 1. The number of thioether (sulfide) groups is 1. The maximum Gasteiger partial charge on any atom is 0.264 e. The largest absolute Gasteiger partial charge is 0.503 e. The third-order valence-electron chi connectivity index (χ3n) is 8.45. The lowest BCUT2D eigenvalue weighted by Gasteiger charge is -2.43. The molecule has 0 radical (unpaired) electrons. The quantitative estimate of drug-likeness (QED) is 0.214. The smallest absolute Gasteiger partial charge is 0.264 e. The molecule has 1 fully saturated rings. The molecule has 0 bridgehead atoms. The first-order valence-corrected chi connectivity index (χ1v) is 16.0. The first kappa shape index (κ1) is 27.8. The summed E-state index contributed by atoms with van der Waals surface area (Å²) in [5.74, 6) is 0.710. The van der Waals surface area contributed by atoms with Crippen LogP contribution in [0.4, 0.5) is 11.4 Å². The van der Waals surface area contributed by atoms with Crippen molar-refractivity contribution in [2.45, 2.75) is 24.7 Å². The van der Waals surface area contributed by atoms with Gasteiger partial charge in [0.25, 0.3) is 5.91 Å². The highest BCUT2D eigenvalue weighted by atomic mass is 79.9. The minimum Gasteiger partial charge on any atom is -0.503 e. The number of hydrogen-bond donors (Lipinski definition) is 2. The number of phenols is 1. The van der Waals surface area contributed by atoms with Crippen molar-refractivity contribution < 1.29 is 14.6 Å². The van der Waals surface area contributed by atoms with Gasteiger partial charge in [-0.3, -0.25) is 4.79 Å². The topological polar surface area (TPSA) is 74.2 Å². The van der Waals surface area contributed by atoms with Crippen LogP contribution in [0.2, 0.25) is 0 Å². The lowest BCUT2D eigenvalue weighted by Crippen LogP contribution is -2.37. The van der Waals surface area contributed by atoms with Gasteiger partial charge in [0.2, 0.25) is 0 Å². The zero-order chi connectivity index (χ0) is 29.5. The summed E-state index contributed by atoms with van der Waals surface area (Å²) < 4.78 is 5.77. The van der Waals surface area contributed by atoms with Gasteiger partial charge in [-0.15, -0.1) is 0 Å². The summed E-state index contributed by atoms with van der Waals surface area (Å²) in [6.45, 7) is 2.07. The van der Waals surface area contributed by atoms with Crippen LogP contribution in [0, 0.1) is 0 Å². The second kappa shape index (κ2) is 11.6. The lowest BCUT2D eigenvalue weighted by molar-refractivity contribution is -0.115. The predicted octanol–water partition coefficient (Wildman–Crippen LogP) is 7.93. The molecule has 0 saturated carbocycles. The van der Waals surface area contributed by atoms with Gasteiger partial charge in [0.1, 0.15) is 0 Å². The number of amidine groups is 1. The average molecular weight is 653 g/mol. The zero-order valence-corrected chi connectivity index (χ0v) is 26.0. The van der Waals surface area contributed by atoms with Gasteiger partial charge in [0.05, 0.1) is 22.2 Å². The van der Waals surface area contributed by atoms with E-state index >= 15 is 0 Å². The third-order valence-corrected chi connectivity index (χ3v) is 9.96. The third kappa shape index (κ3) is 5.34. The molecule has 0 spiro atoms. The zero-order valence-electron chi connectivity index (χ0n) is 23.6. The van der Waals surface area contributed by atoms with Crippen LogP contribution >= 0.6 is 27.7 Å². The van der Waals surface area contributed by atoms with Crippen LogP contribution in [-0.2, 0) is 4.79 Å². The molecule has 0 aliphatic carbocycles. The molecule has 2 N–H and O–H groups in total. The van der Waals surface area contributed by atoms with Crippen LogP contribution in [0.1, 0.15) is 52.5 Å². The van der Waals surface area contributed by atoms with Crippen molar-refractivity contribution in [1.29, 1.82) is 0 Å². The molecule has 3 heterocycles. The number of carbonyl (C=O) groups excluding carboxylic acids is 1. The number of ether oxygens (including phenoxy) is 1. The van der Waals surface area contributed by atoms with Gasteiger partial charge in [-0.05, 0) is 98.7 Å². The second-order valence-corrected chi connectivity index (χ2v) is 12.9. The molecule has 8 heteroatoms. The lowest BCUT2D eigenvalue weighted by atomic mass is 9.76. The van der Waals surface area contributed by atoms with E-state index in [0.717, 1.165) is 37.2 Å². The molecular weight excluding hydrogens is 622 g/mol. The number of carbonyl (C=O) groups is 1. The van der Waals surface area contributed by atoms with Crippen molar-refractivity contribution >= 4 is 56.2 Å². The summed E-state index contributed by atoms with van der Waals surface area (Å²) in [5, 5.41) is 13.7. The molecule has 3 aliphatic heterocycles. The molecule has 4 aromatic carbocycles. The van der Waals surface area contributed by atoms with E-state index in [-0.39, 0.29) is 23.5 Å². The van der Waals surface area contributed by atoms with Gasteiger partial charge in [-0.25, -0.2) is 4.99 Å². The maximum absolute atomic E-state index is 13.0. The van der Waals surface area contributed by atoms with E-state index < -0.39 is 0 Å². The number of benzene rings is 4. The molecule has 4 aromatic rings. The Kier molecular flexibility index (Phi) is 7.49. The molecule has 6 nitrogen and oxygen atoms in total. The Balaban J connectivity index is 1.30. The highest BCUT2D eigenvalue weighted by Crippen LogP contribution is 2.50. The fourth-order valence-corrected chi connectivity index (χ4v) is 7.79. The minimum atomic E-state index is -0.207. The van der Waals surface area contributed by atoms with Crippen LogP contribution in [-0.4, -0.2) is 36.4 Å². The highest BCUT2D eigenvalue weighted by molar-refractivity contribution is 9.10. The maximum atomic E-state index is 13.0. The summed E-state index contributed by atoms with van der Waals surface area (Å²) >= 11 is 4.67. The molecule has 7 rings (SSSR count). The number of rotatable bonds is 5. The number of anilines is 1. The fourth-order valence-electron chi connectivity index (χ4n) is 6.49. The van der Waals surface area contributed by atoms with Crippen LogP contribution in [0.25, 0.3) is 6.08 Å². The fraction of sp³-hybridized carbons (Fsp3) is 0.200. The Morgan fingerprint density at radius 3 is 2.14 bits per heavy atom. The number of aliphatic imine (C=N–C) groups is 1. The Morgan fingerprint density at radius 2 is 1.56 bits per heavy atom. The Labute approximate surface area is 263 Å². The molecule has 216 valence electrons. The minimum absolute atomic E-state index is 0.0213. The van der Waals surface area contributed by atoms with Crippen molar-refractivity contribution in [3.8, 4) is 11.5 Å². The number of halogens is 1. The molecule has 2 atom stereocenters. The number of amides is 1. The average Bonchev–Trinajstić information content (AvgIpc) is 3.37. The number of nitrogens with zero attached hydrogens (tertiary/aromatic N) is 2. The number of phenolic OH excluding ortho intramolecular Hbond substituents is 1. The predicted molar refractivity (Wildman–Crippen MR) is 178 cm³/mol. The van der Waals surface area contributed by atoms with Crippen LogP contribution in [0.5, 0.6) is 11.5 Å². The number of methoxy groups -OCH3 is 1. The highest BCUT2D eigenvalue weighted by Gasteiger charge is 2.35. The molecule has 43 heavy (non-hydrogen) atoms. The Hall–Kier alpha value is -4.01. The normalized spacial score (nSPS) is 21.2. The Morgan fingerprint density at radius 1 is 0.953 bits per heavy atom. The van der Waals surface area contributed by atoms with Crippen LogP contribution in [0.3, 0.4) is 0 Å². The van der Waals surface area contributed by atoms with E-state index in [0.29, 0.717) is 20.3 Å². The summed E-state index contributed by atoms with van der Waals surface area (Å²) in [7, 11) is 1.50. The molecular formula is C35H30BrN3O3S. The second-order valence-electron chi connectivity index (χ2n) is 11.0. The molecule has 1 saturated heterocycles. The van der Waals surface area contributed by atoms with Crippen LogP contribution in [0.15, 0.2) is 99.3 Å². The van der Waals surface area contributed by atoms with E-state index in [1.54, 1.807) is 18.2 Å². The SMILES string of the molecule is COc1cc(/C=C2\SC(=Nc3cc4c5c(c3)[C@H](c3ccccc3)CCN5CC[C@@H]4c3ccccc3)NC2=O)cc(Br)c1O. The van der Waals surface area contributed by atoms with Crippen molar-refractivity contribution in [2.24, 2.45) is 4.99 Å². The summed E-state index contributed by atoms with van der Waals surface area (Å²) in [5.41, 5.74) is 8.18. The van der Waals surface area contributed by atoms with Gasteiger partial charge in [0, 0.05) is 30.6 Å². The standard InChI is InChI=1S/C35H30BrN3O3S/c1-42-30-17-21(16-29(36)33(30)40)18-31-34(41)38-35(43-31)37-24-19-27-25(22-8-4-2-5-9-22)12-14-39-15-13-26(28(20-24)32(27)39)23-10-6-3-7-11-23/h2-11,16-20,25-26,40H,12-15H2,1H3,(H,37,38,41)/b31-18-/t25-,26+. The van der Waals surface area contributed by atoms with E-state index in [2.05, 4.69) is 98.9 Å². The van der Waals surface area contributed by atoms with Gasteiger partial charge in [-0.2, -0.15) is 0 Å². The summed E-state index contributed by atoms with van der Waals surface area (Å²) in [6.07, 6.45) is 3.88. The number of aromatic hydroxyl groups is 1. The van der Waals surface area contributed by atoms with E-state index in [1.807, 2.05) is 0 Å². The molecule has 3 aliphatic rings. The monoisotopic (exact) mass is 651 g/mol. The molecule has 0 aromatic heterocycles. The molecule has 1 amide bonds.